The molecule has 4 heterocycles. The Kier molecular flexibility index (Phi) is 10.5. The molecule has 0 spiro atoms. The number of nitrogens with zero attached hydrogens (tertiary/aromatic N) is 4. The van der Waals surface area contributed by atoms with E-state index < -0.39 is 13.7 Å². The van der Waals surface area contributed by atoms with Gasteiger partial charge in [-0.2, -0.15) is 18.2 Å². The van der Waals surface area contributed by atoms with E-state index >= 15 is 0 Å². The van der Waals surface area contributed by atoms with Crippen LogP contribution in [0.5, 0.6) is 11.5 Å². The average Bonchev–Trinajstić information content (AvgIpc) is 1.79. The van der Waals surface area contributed by atoms with Crippen LogP contribution in [0.2, 0.25) is 0 Å². The number of ether oxygens (including phenoxy) is 1. The van der Waals surface area contributed by atoms with Gasteiger partial charge in [-0.1, -0.05) is 166 Å². The molecule has 0 atom stereocenters. The molecule has 78 heavy (non-hydrogen) atoms. The minimum absolute atomic E-state index is 0. The van der Waals surface area contributed by atoms with Crippen molar-refractivity contribution in [3.63, 3.8) is 0 Å². The summed E-state index contributed by atoms with van der Waals surface area (Å²) in [4.78, 5) is 4.89. The summed E-state index contributed by atoms with van der Waals surface area (Å²) < 4.78 is 66.5. The third-order valence-electron chi connectivity index (χ3n) is 16.6. The van der Waals surface area contributed by atoms with Crippen molar-refractivity contribution in [1.82, 2.24) is 14.1 Å². The van der Waals surface area contributed by atoms with Crippen LogP contribution in [0.15, 0.2) is 158 Å². The zero-order valence-corrected chi connectivity index (χ0v) is 48.2. The van der Waals surface area contributed by atoms with Gasteiger partial charge in [0.1, 0.15) is 5.82 Å². The number of benzene rings is 8. The summed E-state index contributed by atoms with van der Waals surface area (Å²) in [6.45, 7) is 17.5. The van der Waals surface area contributed by atoms with Crippen LogP contribution in [0, 0.1) is 32.2 Å². The van der Waals surface area contributed by atoms with Crippen molar-refractivity contribution in [3.8, 4) is 73.2 Å². The maximum atomic E-state index is 8.89. The topological polar surface area (TPSA) is 35.9 Å². The van der Waals surface area contributed by atoms with Gasteiger partial charge in [-0.05, 0) is 167 Å². The number of para-hydroxylation sites is 2. The van der Waals surface area contributed by atoms with Gasteiger partial charge in [0.15, 0.2) is 0 Å². The second-order valence-corrected chi connectivity index (χ2v) is 24.7. The van der Waals surface area contributed by atoms with Crippen LogP contribution in [0.4, 0.5) is 0 Å². The van der Waals surface area contributed by atoms with Crippen molar-refractivity contribution in [3.05, 3.63) is 210 Å². The Morgan fingerprint density at radius 3 is 1.94 bits per heavy atom. The molecule has 3 aromatic heterocycles. The number of imidazole rings is 1. The quantitative estimate of drug-likeness (QED) is 0.127. The van der Waals surface area contributed by atoms with Crippen molar-refractivity contribution < 1.29 is 38.6 Å². The second kappa shape index (κ2) is 18.4. The molecular weight excluding hydrogens is 1130 g/mol. The van der Waals surface area contributed by atoms with Gasteiger partial charge in [-0.15, -0.1) is 29.7 Å². The molecule has 1 aliphatic carbocycles. The van der Waals surface area contributed by atoms with Crippen LogP contribution in [-0.4, -0.2) is 14.1 Å². The van der Waals surface area contributed by atoms with E-state index in [2.05, 4.69) is 176 Å². The molecule has 2 aliphatic rings. The number of pyridine rings is 1. The van der Waals surface area contributed by atoms with E-state index in [4.69, 9.17) is 17.9 Å². The minimum Gasteiger partial charge on any atom is -0.510 e. The Balaban J connectivity index is 0.00000694. The van der Waals surface area contributed by atoms with Crippen LogP contribution in [0.1, 0.15) is 124 Å². The maximum absolute atomic E-state index is 8.89. The first-order chi connectivity index (χ1) is 39.2. The summed E-state index contributed by atoms with van der Waals surface area (Å²) in [5.41, 5.74) is 15.6. The monoisotopic (exact) mass is 1200 g/mol. The summed E-state index contributed by atoms with van der Waals surface area (Å²) >= 11 is 0. The Morgan fingerprint density at radius 2 is 1.23 bits per heavy atom. The Labute approximate surface area is 483 Å². The van der Waals surface area contributed by atoms with Crippen LogP contribution >= 0.6 is 0 Å². The SMILES string of the molecule is [2H]C([2H])([2H])c1cccc(C([2H])([2H])[2H])c1-c1cc2c3c(c1)n(-c1[c-]c(Oc4[c-]c5c(cc4)c4ccccc4n5-c4cc(C(C)(C)C)ccn4)ccc1)[c-][n+]3-c1c(cccc1C(C)(C)C)-c1cc3c(cc1-c1ccccc1-2)C(C)(C)CCC3(C)C.[Pt]. The molecule has 0 amide bonds. The molecule has 0 unspecified atom stereocenters. The maximum Gasteiger partial charge on any atom is 0.268 e. The second-order valence-electron chi connectivity index (χ2n) is 24.7. The molecule has 5 nitrogen and oxygen atoms in total. The van der Waals surface area contributed by atoms with E-state index in [0.717, 1.165) is 96.2 Å². The number of aromatic nitrogens is 4. The van der Waals surface area contributed by atoms with Crippen molar-refractivity contribution in [2.45, 2.75) is 117 Å². The molecule has 13 rings (SSSR count). The van der Waals surface area contributed by atoms with Gasteiger partial charge >= 0.3 is 0 Å². The fourth-order valence-electron chi connectivity index (χ4n) is 12.3. The van der Waals surface area contributed by atoms with Gasteiger partial charge in [-0.25, -0.2) is 4.98 Å². The van der Waals surface area contributed by atoms with Gasteiger partial charge in [-0.3, -0.25) is 4.57 Å². The van der Waals surface area contributed by atoms with Crippen LogP contribution in [0.3, 0.4) is 0 Å². The zero-order valence-electron chi connectivity index (χ0n) is 51.9. The minimum atomic E-state index is -2.65. The summed E-state index contributed by atoms with van der Waals surface area (Å²) in [5.74, 6) is 1.70. The molecule has 1 aliphatic heterocycles. The zero-order chi connectivity index (χ0) is 58.5. The average molecular weight is 1200 g/mol. The molecule has 0 bridgehead atoms. The Hall–Kier alpha value is -7.33. The van der Waals surface area contributed by atoms with Crippen LogP contribution in [0.25, 0.3) is 94.5 Å². The smallest absolute Gasteiger partial charge is 0.268 e. The molecular formula is C72H66N4OPt-2. The summed E-state index contributed by atoms with van der Waals surface area (Å²) in [7, 11) is 0. The van der Waals surface area contributed by atoms with E-state index in [1.54, 1.807) is 0 Å². The third-order valence-corrected chi connectivity index (χ3v) is 16.6. The summed E-state index contributed by atoms with van der Waals surface area (Å²) in [6, 6.07) is 58.1. The number of rotatable bonds is 5. The van der Waals surface area contributed by atoms with Gasteiger partial charge in [0.25, 0.3) is 6.33 Å². The third kappa shape index (κ3) is 8.30. The number of fused-ring (bicyclic) bond motifs is 11. The standard InChI is InChI=1S/C72H66N4O.Pt/c1-44-20-17-21-45(2)66(44)46-36-58-52-25-14-13-24-51(52)56-41-60-61(72(11,12)34-33-71(60,9)10)42-57(56)55-27-19-28-59(70(6,7)8)67(55)75-43-74(64(37-46)68(58)75)48-22-18-23-49(39-48)77-50-30-31-54-53-26-15-16-29-62(53)76(63(54)40-50)65-38-47(32-35-73-65)69(3,4)5;/h13-32,35-38,41-42H,33-34H2,1-12H3;/q-2;/i1D3,2D3;. The number of hydrogen-bond acceptors (Lipinski definition) is 2. The van der Waals surface area contributed by atoms with Gasteiger partial charge in [0.05, 0.1) is 16.7 Å². The first-order valence-electron chi connectivity index (χ1n) is 29.9. The fraction of sp³-hybridized carbons (Fsp3) is 0.250. The molecule has 0 N–H and O–H groups in total. The normalized spacial score (nSPS) is 15.9. The molecule has 0 fully saturated rings. The molecule has 0 radical (unpaired) electrons. The first kappa shape index (κ1) is 44.6. The first-order valence-corrected chi connectivity index (χ1v) is 26.9. The molecule has 6 heteroatoms. The molecule has 8 aromatic carbocycles. The van der Waals surface area contributed by atoms with Crippen LogP contribution in [-0.2, 0) is 42.7 Å². The predicted octanol–water partition coefficient (Wildman–Crippen LogP) is 18.1. The van der Waals surface area contributed by atoms with Gasteiger partial charge < -0.3 is 13.9 Å². The Bertz CT molecular complexity index is 4460. The van der Waals surface area contributed by atoms with E-state index in [0.29, 0.717) is 28.3 Å². The van der Waals surface area contributed by atoms with Crippen molar-refractivity contribution in [2.24, 2.45) is 0 Å². The predicted molar refractivity (Wildman–Crippen MR) is 317 cm³/mol. The molecule has 0 saturated carbocycles. The fourth-order valence-corrected chi connectivity index (χ4v) is 12.3. The van der Waals surface area contributed by atoms with Crippen molar-refractivity contribution in [1.29, 1.82) is 0 Å². The van der Waals surface area contributed by atoms with E-state index in [1.807, 2.05) is 65.4 Å². The van der Waals surface area contributed by atoms with Crippen molar-refractivity contribution in [2.75, 3.05) is 0 Å². The number of hydrogen-bond donors (Lipinski definition) is 0. The molecule has 0 saturated heterocycles. The van der Waals surface area contributed by atoms with Crippen molar-refractivity contribution >= 4 is 32.8 Å². The van der Waals surface area contributed by atoms with Gasteiger partial charge in [0.2, 0.25) is 0 Å². The largest absolute Gasteiger partial charge is 0.510 e. The molecule has 392 valence electrons. The van der Waals surface area contributed by atoms with E-state index in [9.17, 15) is 0 Å². The van der Waals surface area contributed by atoms with Gasteiger partial charge in [0, 0.05) is 52.5 Å². The van der Waals surface area contributed by atoms with Crippen LogP contribution < -0.4 is 9.30 Å². The summed E-state index contributed by atoms with van der Waals surface area (Å²) in [5, 5.41) is 2.09. The molecule has 11 aromatic rings. The van der Waals surface area contributed by atoms with E-state index in [-0.39, 0.29) is 59.4 Å². The Morgan fingerprint density at radius 1 is 0.590 bits per heavy atom. The number of aryl methyl sites for hydroxylation is 2. The van der Waals surface area contributed by atoms with E-state index in [1.165, 1.54) is 29.3 Å². The summed E-state index contributed by atoms with van der Waals surface area (Å²) in [6.07, 6.45) is 7.87.